The van der Waals surface area contributed by atoms with E-state index >= 15 is 0 Å². The summed E-state index contributed by atoms with van der Waals surface area (Å²) in [5.41, 5.74) is 12.8. The van der Waals surface area contributed by atoms with Gasteiger partial charge < -0.3 is 0 Å². The Labute approximate surface area is 310 Å². The summed E-state index contributed by atoms with van der Waals surface area (Å²) >= 11 is -2.94. The fraction of sp³-hybridized carbons (Fsp3) is 0.0417. The van der Waals surface area contributed by atoms with Crippen molar-refractivity contribution in [2.24, 2.45) is 0 Å². The van der Waals surface area contributed by atoms with Crippen molar-refractivity contribution < 1.29 is 0 Å². The molecule has 0 aliphatic carbocycles. The topological polar surface area (TPSA) is 35.6 Å². The summed E-state index contributed by atoms with van der Waals surface area (Å²) in [6.07, 6.45) is 0. The molecule has 3 aromatic heterocycles. The van der Waals surface area contributed by atoms with Gasteiger partial charge in [-0.3, -0.25) is 0 Å². The third kappa shape index (κ3) is 4.36. The predicted octanol–water partition coefficient (Wildman–Crippen LogP) is 10.8. The predicted molar refractivity (Wildman–Crippen MR) is 224 cm³/mol. The van der Waals surface area contributed by atoms with E-state index in [1.807, 2.05) is 6.07 Å². The number of rotatable bonds is 4. The minimum atomic E-state index is -2.94. The maximum absolute atomic E-state index is 5.36. The van der Waals surface area contributed by atoms with Gasteiger partial charge in [0.1, 0.15) is 0 Å². The van der Waals surface area contributed by atoms with Gasteiger partial charge in [0, 0.05) is 0 Å². The fourth-order valence-electron chi connectivity index (χ4n) is 8.95. The number of fused-ring (bicyclic) bond motifs is 10. The SMILES string of the molecule is [CH3][Ge]1([CH3])[c]2cc(-n3c4ccccc4c4c5c6ccccc6n(-c6ccccc6)c5ccc43)ccc2-c2nc(-c3ccccc3)nc(-c3ccccc3)[c]21. The molecule has 0 atom stereocenters. The molecule has 0 spiro atoms. The molecule has 0 amide bonds. The van der Waals surface area contributed by atoms with E-state index < -0.39 is 13.3 Å². The summed E-state index contributed by atoms with van der Waals surface area (Å²) in [6, 6.07) is 61.3. The van der Waals surface area contributed by atoms with Crippen LogP contribution in [0.4, 0.5) is 0 Å². The molecule has 11 rings (SSSR count). The summed E-state index contributed by atoms with van der Waals surface area (Å²) in [6.45, 7) is 0. The van der Waals surface area contributed by atoms with Crippen LogP contribution in [-0.2, 0) is 0 Å². The van der Waals surface area contributed by atoms with Crippen molar-refractivity contribution in [1.29, 1.82) is 0 Å². The van der Waals surface area contributed by atoms with Gasteiger partial charge in [0.15, 0.2) is 0 Å². The summed E-state index contributed by atoms with van der Waals surface area (Å²) in [4.78, 5) is 10.7. The van der Waals surface area contributed by atoms with Gasteiger partial charge in [0.05, 0.1) is 0 Å². The first-order chi connectivity index (χ1) is 26.1. The molecule has 10 aromatic rings. The van der Waals surface area contributed by atoms with Gasteiger partial charge in [0.2, 0.25) is 0 Å². The zero-order valence-corrected chi connectivity index (χ0v) is 31.6. The van der Waals surface area contributed by atoms with Crippen LogP contribution in [0.3, 0.4) is 0 Å². The van der Waals surface area contributed by atoms with Crippen molar-refractivity contribution in [2.45, 2.75) is 11.5 Å². The van der Waals surface area contributed by atoms with Gasteiger partial charge in [-0.1, -0.05) is 6.07 Å². The first kappa shape index (κ1) is 30.4. The van der Waals surface area contributed by atoms with Gasteiger partial charge in [0.25, 0.3) is 0 Å². The van der Waals surface area contributed by atoms with Gasteiger partial charge in [-0.05, 0) is 0 Å². The van der Waals surface area contributed by atoms with Crippen LogP contribution in [0.2, 0.25) is 11.5 Å². The van der Waals surface area contributed by atoms with Crippen LogP contribution in [0.25, 0.3) is 88.9 Å². The molecule has 1 aliphatic rings. The molecule has 0 fully saturated rings. The summed E-state index contributed by atoms with van der Waals surface area (Å²) in [5, 5.41) is 5.11. The van der Waals surface area contributed by atoms with E-state index in [9.17, 15) is 0 Å². The monoisotopic (exact) mass is 740 g/mol. The third-order valence-electron chi connectivity index (χ3n) is 11.3. The molecule has 5 heteroatoms. The number of hydrogen-bond acceptors (Lipinski definition) is 2. The normalized spacial score (nSPS) is 13.2. The Morgan fingerprint density at radius 2 is 0.943 bits per heavy atom. The molecule has 1 aliphatic heterocycles. The van der Waals surface area contributed by atoms with Crippen molar-refractivity contribution >= 4 is 65.7 Å². The molecule has 0 saturated carbocycles. The van der Waals surface area contributed by atoms with Crippen LogP contribution in [0.1, 0.15) is 0 Å². The quantitative estimate of drug-likeness (QED) is 0.169. The van der Waals surface area contributed by atoms with Crippen molar-refractivity contribution in [1.82, 2.24) is 19.1 Å². The average molecular weight is 739 g/mol. The maximum atomic E-state index is 5.36. The molecule has 0 unspecified atom stereocenters. The van der Waals surface area contributed by atoms with E-state index in [1.165, 1.54) is 69.3 Å². The fourth-order valence-corrected chi connectivity index (χ4v) is 15.7. The number of nitrogens with zero attached hydrogens (tertiary/aromatic N) is 4. The summed E-state index contributed by atoms with van der Waals surface area (Å²) in [5.74, 6) is 5.81. The standard InChI is InChI=1S/C48H34GeN4/c1-49(2)38-30-34(26-27-35(38)47-45(49)46(31-16-6-3-7-17-31)50-48(51-47)32-18-8-4-9-19-32)53-40-25-15-13-23-37(40)44-42(53)29-28-41-43(44)36-22-12-14-24-39(36)52(41)33-20-10-5-11-21-33/h3-30H,1-2H3. The van der Waals surface area contributed by atoms with E-state index in [4.69, 9.17) is 9.97 Å². The molecule has 250 valence electrons. The van der Waals surface area contributed by atoms with Gasteiger partial charge in [-0.2, -0.15) is 0 Å². The molecule has 53 heavy (non-hydrogen) atoms. The van der Waals surface area contributed by atoms with Crippen molar-refractivity contribution in [3.63, 3.8) is 0 Å². The second-order valence-corrected chi connectivity index (χ2v) is 23.6. The Hall–Kier alpha value is -6.24. The van der Waals surface area contributed by atoms with Crippen LogP contribution in [0.5, 0.6) is 0 Å². The van der Waals surface area contributed by atoms with Crippen LogP contribution in [0, 0.1) is 0 Å². The molecule has 7 aromatic carbocycles. The zero-order valence-electron chi connectivity index (χ0n) is 29.5. The van der Waals surface area contributed by atoms with E-state index in [0.717, 1.165) is 28.3 Å². The van der Waals surface area contributed by atoms with Gasteiger partial charge in [-0.25, -0.2) is 0 Å². The van der Waals surface area contributed by atoms with Crippen LogP contribution in [-0.4, -0.2) is 32.4 Å². The zero-order chi connectivity index (χ0) is 35.3. The Bertz CT molecular complexity index is 3070. The number of para-hydroxylation sites is 3. The Balaban J connectivity index is 1.17. The Kier molecular flexibility index (Phi) is 6.53. The first-order valence-corrected chi connectivity index (χ1v) is 24.6. The minimum absolute atomic E-state index is 0.777. The molecule has 0 saturated heterocycles. The van der Waals surface area contributed by atoms with Gasteiger partial charge >= 0.3 is 305 Å². The molecule has 0 N–H and O–H groups in total. The third-order valence-corrected chi connectivity index (χ3v) is 18.6. The first-order valence-electron chi connectivity index (χ1n) is 18.3. The van der Waals surface area contributed by atoms with E-state index in [-0.39, 0.29) is 0 Å². The Morgan fingerprint density at radius 1 is 0.434 bits per heavy atom. The number of benzene rings is 7. The van der Waals surface area contributed by atoms with Gasteiger partial charge in [-0.15, -0.1) is 0 Å². The second-order valence-electron chi connectivity index (χ2n) is 14.6. The van der Waals surface area contributed by atoms with E-state index in [2.05, 4.69) is 184 Å². The molecule has 4 heterocycles. The van der Waals surface area contributed by atoms with Crippen molar-refractivity contribution in [2.75, 3.05) is 0 Å². The second kappa shape index (κ2) is 11.4. The van der Waals surface area contributed by atoms with Crippen LogP contribution < -0.4 is 8.79 Å². The average Bonchev–Trinajstić information content (AvgIpc) is 3.81. The molecule has 0 bridgehead atoms. The molecule has 4 nitrogen and oxygen atoms in total. The van der Waals surface area contributed by atoms with Crippen LogP contribution in [0.15, 0.2) is 170 Å². The number of hydrogen-bond donors (Lipinski definition) is 0. The molecular formula is C48H34GeN4. The summed E-state index contributed by atoms with van der Waals surface area (Å²) in [7, 11) is 0. The van der Waals surface area contributed by atoms with Crippen molar-refractivity contribution in [3.05, 3.63) is 170 Å². The number of aromatic nitrogens is 4. The molecule has 0 radical (unpaired) electrons. The van der Waals surface area contributed by atoms with Crippen LogP contribution >= 0.6 is 0 Å². The van der Waals surface area contributed by atoms with E-state index in [1.54, 1.807) is 0 Å². The summed E-state index contributed by atoms with van der Waals surface area (Å²) < 4.78 is 7.70. The molecular weight excluding hydrogens is 705 g/mol. The Morgan fingerprint density at radius 3 is 1.57 bits per heavy atom. The van der Waals surface area contributed by atoms with Crippen molar-refractivity contribution in [3.8, 4) is 45.3 Å². The van der Waals surface area contributed by atoms with E-state index in [0.29, 0.717) is 0 Å².